The van der Waals surface area contributed by atoms with Gasteiger partial charge in [0.2, 0.25) is 5.95 Å². The summed E-state index contributed by atoms with van der Waals surface area (Å²) in [4.78, 5) is 13.5. The molecule has 0 radical (unpaired) electrons. The summed E-state index contributed by atoms with van der Waals surface area (Å²) in [6, 6.07) is 23.4. The van der Waals surface area contributed by atoms with Crippen molar-refractivity contribution in [3.8, 4) is 0 Å². The minimum absolute atomic E-state index is 0.155. The van der Waals surface area contributed by atoms with Crippen molar-refractivity contribution in [2.24, 2.45) is 0 Å². The average molecular weight is 478 g/mol. The van der Waals surface area contributed by atoms with Gasteiger partial charge in [-0.25, -0.2) is 4.79 Å². The fourth-order valence-electron chi connectivity index (χ4n) is 4.60. The molecular weight excluding hydrogens is 454 g/mol. The van der Waals surface area contributed by atoms with Gasteiger partial charge in [-0.3, -0.25) is 4.68 Å². The van der Waals surface area contributed by atoms with Gasteiger partial charge in [-0.2, -0.15) is 9.78 Å². The first-order valence-electron chi connectivity index (χ1n) is 11.6. The van der Waals surface area contributed by atoms with Crippen molar-refractivity contribution in [1.82, 2.24) is 30.0 Å². The van der Waals surface area contributed by atoms with Gasteiger partial charge in [0, 0.05) is 18.1 Å². The fraction of sp³-hybridized carbons (Fsp3) is 0.148. The summed E-state index contributed by atoms with van der Waals surface area (Å²) in [6.45, 7) is 2.69. The van der Waals surface area contributed by atoms with Crippen LogP contribution in [0.4, 0.5) is 5.95 Å². The molecule has 6 rings (SSSR count). The van der Waals surface area contributed by atoms with Crippen LogP contribution in [-0.2, 0) is 22.7 Å². The van der Waals surface area contributed by atoms with Crippen LogP contribution in [0.15, 0.2) is 96.5 Å². The molecule has 0 spiro atoms. The first-order valence-corrected chi connectivity index (χ1v) is 11.6. The van der Waals surface area contributed by atoms with Crippen LogP contribution in [0, 0.1) is 0 Å². The minimum Gasteiger partial charge on any atom is -0.457 e. The normalized spacial score (nSPS) is 15.0. The predicted molar refractivity (Wildman–Crippen MR) is 134 cm³/mol. The SMILES string of the molecule is CC1=C(C(=O)OCc2ccc(Cn3cccn3)cc2)C(c2cccc3ccccc23)n2nnnc2N1. The Morgan fingerprint density at radius 1 is 1.00 bits per heavy atom. The standard InChI is InChI=1S/C27H23N7O2/c1-18-24(26(35)36-17-20-12-10-19(11-13-20)16-33-15-5-14-28-33)25(34-27(29-18)30-31-32-34)23-9-4-7-21-6-2-3-8-22(21)23/h2-15,25H,16-17H2,1H3,(H,29,30,32). The zero-order valence-corrected chi connectivity index (χ0v) is 19.6. The maximum absolute atomic E-state index is 13.5. The van der Waals surface area contributed by atoms with Gasteiger partial charge in [0.1, 0.15) is 12.6 Å². The van der Waals surface area contributed by atoms with Gasteiger partial charge in [-0.15, -0.1) is 0 Å². The Morgan fingerprint density at radius 3 is 2.64 bits per heavy atom. The van der Waals surface area contributed by atoms with E-state index in [-0.39, 0.29) is 6.61 Å². The predicted octanol–water partition coefficient (Wildman–Crippen LogP) is 4.10. The number of aromatic nitrogens is 6. The van der Waals surface area contributed by atoms with Gasteiger partial charge < -0.3 is 10.1 Å². The number of rotatable bonds is 6. The number of nitrogens with one attached hydrogen (secondary N) is 1. The molecule has 2 aromatic heterocycles. The fourth-order valence-corrected chi connectivity index (χ4v) is 4.60. The third kappa shape index (κ3) is 4.00. The van der Waals surface area contributed by atoms with Crippen LogP contribution in [0.3, 0.4) is 0 Å². The Labute approximate surface area is 207 Å². The van der Waals surface area contributed by atoms with E-state index in [1.807, 2.05) is 90.6 Å². The maximum Gasteiger partial charge on any atom is 0.338 e. The molecular formula is C27H23N7O2. The average Bonchev–Trinajstić information content (AvgIpc) is 3.59. The largest absolute Gasteiger partial charge is 0.457 e. The molecule has 178 valence electrons. The number of carbonyl (C=O) groups excluding carboxylic acids is 1. The van der Waals surface area contributed by atoms with Crippen molar-refractivity contribution < 1.29 is 9.53 Å². The number of fused-ring (bicyclic) bond motifs is 2. The van der Waals surface area contributed by atoms with E-state index in [0.29, 0.717) is 23.8 Å². The molecule has 1 unspecified atom stereocenters. The first-order chi connectivity index (χ1) is 17.7. The smallest absolute Gasteiger partial charge is 0.338 e. The van der Waals surface area contributed by atoms with Gasteiger partial charge in [0.15, 0.2) is 0 Å². The van der Waals surface area contributed by atoms with Crippen LogP contribution in [0.2, 0.25) is 0 Å². The molecule has 36 heavy (non-hydrogen) atoms. The highest BCUT2D eigenvalue weighted by Crippen LogP contribution is 2.38. The van der Waals surface area contributed by atoms with Crippen LogP contribution in [0.1, 0.15) is 29.7 Å². The molecule has 1 N–H and O–H groups in total. The molecule has 3 aromatic carbocycles. The summed E-state index contributed by atoms with van der Waals surface area (Å²) in [7, 11) is 0. The number of allylic oxidation sites excluding steroid dienone is 1. The summed E-state index contributed by atoms with van der Waals surface area (Å²) in [5.74, 6) is 0.0643. The number of anilines is 1. The molecule has 0 bridgehead atoms. The number of esters is 1. The maximum atomic E-state index is 13.5. The number of hydrogen-bond donors (Lipinski definition) is 1. The zero-order chi connectivity index (χ0) is 24.5. The van der Waals surface area contributed by atoms with E-state index in [9.17, 15) is 4.79 Å². The quantitative estimate of drug-likeness (QED) is 0.368. The number of nitrogens with zero attached hydrogens (tertiary/aromatic N) is 6. The number of ether oxygens (including phenoxy) is 1. The van der Waals surface area contributed by atoms with Gasteiger partial charge in [-0.1, -0.05) is 71.8 Å². The third-order valence-electron chi connectivity index (χ3n) is 6.35. The van der Waals surface area contributed by atoms with Gasteiger partial charge in [-0.05, 0) is 50.9 Å². The van der Waals surface area contributed by atoms with E-state index < -0.39 is 12.0 Å². The Morgan fingerprint density at radius 2 is 1.81 bits per heavy atom. The minimum atomic E-state index is -0.522. The molecule has 0 saturated carbocycles. The molecule has 0 saturated heterocycles. The van der Waals surface area contributed by atoms with Crippen molar-refractivity contribution in [2.45, 2.75) is 26.1 Å². The van der Waals surface area contributed by atoms with Crippen LogP contribution < -0.4 is 5.32 Å². The van der Waals surface area contributed by atoms with Crippen LogP contribution in [0.5, 0.6) is 0 Å². The Bertz CT molecular complexity index is 1560. The highest BCUT2D eigenvalue weighted by atomic mass is 16.5. The lowest BCUT2D eigenvalue weighted by Gasteiger charge is -2.28. The summed E-state index contributed by atoms with van der Waals surface area (Å²) in [5.41, 5.74) is 4.08. The molecule has 0 fully saturated rings. The summed E-state index contributed by atoms with van der Waals surface area (Å²) >= 11 is 0. The van der Waals surface area contributed by atoms with Crippen molar-refractivity contribution in [1.29, 1.82) is 0 Å². The number of benzene rings is 3. The Balaban J connectivity index is 1.27. The van der Waals surface area contributed by atoms with E-state index in [0.717, 1.165) is 27.5 Å². The van der Waals surface area contributed by atoms with Crippen LogP contribution in [0.25, 0.3) is 10.8 Å². The van der Waals surface area contributed by atoms with Crippen molar-refractivity contribution >= 4 is 22.7 Å². The molecule has 0 amide bonds. The number of tetrazole rings is 1. The second kappa shape index (κ2) is 9.10. The summed E-state index contributed by atoms with van der Waals surface area (Å²) in [5, 5.41) is 21.6. The zero-order valence-electron chi connectivity index (χ0n) is 19.6. The lowest BCUT2D eigenvalue weighted by molar-refractivity contribution is -0.140. The Hall–Kier alpha value is -4.79. The monoisotopic (exact) mass is 477 g/mol. The van der Waals surface area contributed by atoms with Crippen LogP contribution in [-0.4, -0.2) is 36.0 Å². The van der Waals surface area contributed by atoms with Gasteiger partial charge in [0.05, 0.1) is 12.1 Å². The summed E-state index contributed by atoms with van der Waals surface area (Å²) in [6.07, 6.45) is 3.68. The van der Waals surface area contributed by atoms with E-state index in [4.69, 9.17) is 4.74 Å². The molecule has 0 aliphatic carbocycles. The van der Waals surface area contributed by atoms with Crippen molar-refractivity contribution in [3.05, 3.63) is 113 Å². The number of carbonyl (C=O) groups is 1. The Kier molecular flexibility index (Phi) is 5.49. The van der Waals surface area contributed by atoms with E-state index in [1.54, 1.807) is 10.9 Å². The molecule has 1 atom stereocenters. The van der Waals surface area contributed by atoms with Crippen molar-refractivity contribution in [3.63, 3.8) is 0 Å². The van der Waals surface area contributed by atoms with Crippen molar-refractivity contribution in [2.75, 3.05) is 5.32 Å². The molecule has 5 aromatic rings. The number of hydrogen-bond acceptors (Lipinski definition) is 7. The topological polar surface area (TPSA) is 99.8 Å². The van der Waals surface area contributed by atoms with E-state index >= 15 is 0 Å². The van der Waals surface area contributed by atoms with Gasteiger partial charge in [0.25, 0.3) is 0 Å². The molecule has 9 heteroatoms. The molecule has 9 nitrogen and oxygen atoms in total. The molecule has 1 aliphatic rings. The summed E-state index contributed by atoms with van der Waals surface area (Å²) < 4.78 is 9.30. The van der Waals surface area contributed by atoms with Crippen LogP contribution >= 0.6 is 0 Å². The molecule has 3 heterocycles. The second-order valence-electron chi connectivity index (χ2n) is 8.68. The highest BCUT2D eigenvalue weighted by Gasteiger charge is 2.35. The molecule has 1 aliphatic heterocycles. The second-order valence-corrected chi connectivity index (χ2v) is 8.68. The first kappa shape index (κ1) is 21.7. The van der Waals surface area contributed by atoms with Gasteiger partial charge >= 0.3 is 5.97 Å². The third-order valence-corrected chi connectivity index (χ3v) is 6.35. The highest BCUT2D eigenvalue weighted by molar-refractivity contribution is 5.95. The lowest BCUT2D eigenvalue weighted by Crippen LogP contribution is -2.29. The lowest BCUT2D eigenvalue weighted by atomic mass is 9.91. The van der Waals surface area contributed by atoms with E-state index in [2.05, 4.69) is 25.9 Å². The van der Waals surface area contributed by atoms with E-state index in [1.165, 1.54) is 0 Å².